The zero-order valence-electron chi connectivity index (χ0n) is 12.8. The van der Waals surface area contributed by atoms with Gasteiger partial charge in [0.25, 0.3) is 0 Å². The molecule has 0 saturated carbocycles. The van der Waals surface area contributed by atoms with Crippen LogP contribution in [-0.4, -0.2) is 10.9 Å². The van der Waals surface area contributed by atoms with E-state index in [1.54, 1.807) is 12.5 Å². The van der Waals surface area contributed by atoms with Gasteiger partial charge in [-0.1, -0.05) is 19.9 Å². The minimum absolute atomic E-state index is 0.0233. The first kappa shape index (κ1) is 15.3. The number of pyridine rings is 1. The van der Waals surface area contributed by atoms with Gasteiger partial charge < -0.3 is 9.73 Å². The van der Waals surface area contributed by atoms with Crippen LogP contribution in [0.1, 0.15) is 43.3 Å². The second kappa shape index (κ2) is 7.07. The van der Waals surface area contributed by atoms with E-state index < -0.39 is 0 Å². The third-order valence-corrected chi connectivity index (χ3v) is 3.51. The summed E-state index contributed by atoms with van der Waals surface area (Å²) < 4.78 is 5.25. The standard InChI is InChI=1S/C17H22N2O2/c1-12(2)16(17-13(3)6-4-10-18-17)19-15(20)9-8-14-7-5-11-21-14/h4-7,10-12,16H,8-9H2,1-3H3,(H,19,20)/t16-/m0/s1. The molecule has 2 aromatic rings. The first-order valence-corrected chi connectivity index (χ1v) is 7.31. The van der Waals surface area contributed by atoms with Gasteiger partial charge in [-0.3, -0.25) is 9.78 Å². The van der Waals surface area contributed by atoms with E-state index in [1.165, 1.54) is 0 Å². The lowest BCUT2D eigenvalue weighted by molar-refractivity contribution is -0.122. The first-order valence-electron chi connectivity index (χ1n) is 7.31. The maximum Gasteiger partial charge on any atom is 0.220 e. The molecular weight excluding hydrogens is 264 g/mol. The van der Waals surface area contributed by atoms with Crippen LogP contribution in [0.15, 0.2) is 41.1 Å². The molecule has 0 unspecified atom stereocenters. The smallest absolute Gasteiger partial charge is 0.220 e. The monoisotopic (exact) mass is 286 g/mol. The number of rotatable bonds is 6. The average Bonchev–Trinajstić information content (AvgIpc) is 2.96. The lowest BCUT2D eigenvalue weighted by Crippen LogP contribution is -2.33. The van der Waals surface area contributed by atoms with Gasteiger partial charge in [0, 0.05) is 19.0 Å². The lowest BCUT2D eigenvalue weighted by Gasteiger charge is -2.23. The van der Waals surface area contributed by atoms with E-state index in [4.69, 9.17) is 4.42 Å². The molecule has 0 aromatic carbocycles. The van der Waals surface area contributed by atoms with Crippen LogP contribution in [0.2, 0.25) is 0 Å². The molecule has 112 valence electrons. The van der Waals surface area contributed by atoms with Crippen LogP contribution >= 0.6 is 0 Å². The van der Waals surface area contributed by atoms with E-state index in [9.17, 15) is 4.79 Å². The molecule has 2 rings (SSSR count). The number of nitrogens with zero attached hydrogens (tertiary/aromatic N) is 1. The number of amides is 1. The van der Waals surface area contributed by atoms with Crippen molar-refractivity contribution < 1.29 is 9.21 Å². The molecule has 0 spiro atoms. The fraction of sp³-hybridized carbons (Fsp3) is 0.412. The SMILES string of the molecule is Cc1cccnc1[C@@H](NC(=O)CCc1ccco1)C(C)C. The molecule has 1 amide bonds. The molecule has 0 fully saturated rings. The Kier molecular flexibility index (Phi) is 5.14. The molecular formula is C17H22N2O2. The van der Waals surface area contributed by atoms with E-state index >= 15 is 0 Å². The number of carbonyl (C=O) groups is 1. The summed E-state index contributed by atoms with van der Waals surface area (Å²) in [4.78, 5) is 16.6. The molecule has 0 aliphatic carbocycles. The first-order chi connectivity index (χ1) is 10.1. The number of carbonyl (C=O) groups excluding carboxylic acids is 1. The summed E-state index contributed by atoms with van der Waals surface area (Å²) in [5, 5.41) is 3.09. The topological polar surface area (TPSA) is 55.1 Å². The van der Waals surface area contributed by atoms with Gasteiger partial charge in [0.1, 0.15) is 5.76 Å². The predicted octanol–water partition coefficient (Wildman–Crippen LogP) is 3.43. The van der Waals surface area contributed by atoms with Gasteiger partial charge in [-0.2, -0.15) is 0 Å². The van der Waals surface area contributed by atoms with Gasteiger partial charge in [0.2, 0.25) is 5.91 Å². The van der Waals surface area contributed by atoms with Crippen LogP contribution in [0.4, 0.5) is 0 Å². The summed E-state index contributed by atoms with van der Waals surface area (Å²) in [6.07, 6.45) is 4.43. The molecule has 2 aromatic heterocycles. The van der Waals surface area contributed by atoms with Gasteiger partial charge in [-0.05, 0) is 36.6 Å². The zero-order chi connectivity index (χ0) is 15.2. The van der Waals surface area contributed by atoms with Gasteiger partial charge >= 0.3 is 0 Å². The second-order valence-electron chi connectivity index (χ2n) is 5.57. The van der Waals surface area contributed by atoms with E-state index in [1.807, 2.05) is 31.2 Å². The van der Waals surface area contributed by atoms with Crippen LogP contribution in [0.5, 0.6) is 0 Å². The predicted molar refractivity (Wildman–Crippen MR) is 81.7 cm³/mol. The largest absolute Gasteiger partial charge is 0.469 e. The highest BCUT2D eigenvalue weighted by atomic mass is 16.3. The van der Waals surface area contributed by atoms with Crippen LogP contribution in [-0.2, 0) is 11.2 Å². The molecule has 0 aliphatic rings. The maximum atomic E-state index is 12.2. The van der Waals surface area contributed by atoms with Crippen molar-refractivity contribution >= 4 is 5.91 Å². The molecule has 0 bridgehead atoms. The Morgan fingerprint density at radius 3 is 2.76 bits per heavy atom. The quantitative estimate of drug-likeness (QED) is 0.885. The van der Waals surface area contributed by atoms with Crippen molar-refractivity contribution in [3.8, 4) is 0 Å². The minimum atomic E-state index is -0.0599. The number of hydrogen-bond donors (Lipinski definition) is 1. The molecule has 0 radical (unpaired) electrons. The summed E-state index contributed by atoms with van der Waals surface area (Å²) in [6, 6.07) is 7.59. The zero-order valence-corrected chi connectivity index (χ0v) is 12.8. The number of nitrogens with one attached hydrogen (secondary N) is 1. The third-order valence-electron chi connectivity index (χ3n) is 3.51. The van der Waals surface area contributed by atoms with Gasteiger partial charge in [-0.15, -0.1) is 0 Å². The van der Waals surface area contributed by atoms with Gasteiger partial charge in [0.15, 0.2) is 0 Å². The van der Waals surface area contributed by atoms with Crippen LogP contribution < -0.4 is 5.32 Å². The Morgan fingerprint density at radius 2 is 2.14 bits per heavy atom. The fourth-order valence-corrected chi connectivity index (χ4v) is 2.31. The van der Waals surface area contributed by atoms with Crippen molar-refractivity contribution in [2.75, 3.05) is 0 Å². The minimum Gasteiger partial charge on any atom is -0.469 e. The molecule has 21 heavy (non-hydrogen) atoms. The molecule has 4 heteroatoms. The molecule has 1 atom stereocenters. The Hall–Kier alpha value is -2.10. The van der Waals surface area contributed by atoms with E-state index in [2.05, 4.69) is 24.1 Å². The van der Waals surface area contributed by atoms with Gasteiger partial charge in [0.05, 0.1) is 18.0 Å². The number of aromatic nitrogens is 1. The normalized spacial score (nSPS) is 12.4. The van der Waals surface area contributed by atoms with Crippen molar-refractivity contribution in [1.29, 1.82) is 0 Å². The lowest BCUT2D eigenvalue weighted by atomic mass is 9.97. The highest BCUT2D eigenvalue weighted by molar-refractivity contribution is 5.76. The Bertz CT molecular complexity index is 576. The van der Waals surface area contributed by atoms with E-state index in [-0.39, 0.29) is 17.9 Å². The number of furan rings is 1. The summed E-state index contributed by atoms with van der Waals surface area (Å²) in [5.74, 6) is 1.14. The maximum absolute atomic E-state index is 12.2. The fourth-order valence-electron chi connectivity index (χ4n) is 2.31. The van der Waals surface area contributed by atoms with E-state index in [0.29, 0.717) is 12.8 Å². The average molecular weight is 286 g/mol. The Balaban J connectivity index is 2.00. The van der Waals surface area contributed by atoms with Crippen molar-refractivity contribution in [3.05, 3.63) is 53.7 Å². The van der Waals surface area contributed by atoms with Crippen molar-refractivity contribution in [3.63, 3.8) is 0 Å². The van der Waals surface area contributed by atoms with Crippen LogP contribution in [0, 0.1) is 12.8 Å². The van der Waals surface area contributed by atoms with E-state index in [0.717, 1.165) is 17.0 Å². The summed E-state index contributed by atoms with van der Waals surface area (Å²) in [6.45, 7) is 6.20. The Labute approximate surface area is 125 Å². The molecule has 4 nitrogen and oxygen atoms in total. The third kappa shape index (κ3) is 4.18. The summed E-state index contributed by atoms with van der Waals surface area (Å²) in [7, 11) is 0. The van der Waals surface area contributed by atoms with Gasteiger partial charge in [-0.25, -0.2) is 0 Å². The second-order valence-corrected chi connectivity index (χ2v) is 5.57. The molecule has 1 N–H and O–H groups in total. The van der Waals surface area contributed by atoms with Crippen molar-refractivity contribution in [2.24, 2.45) is 5.92 Å². The molecule has 0 aliphatic heterocycles. The number of aryl methyl sites for hydroxylation is 2. The van der Waals surface area contributed by atoms with Crippen LogP contribution in [0.25, 0.3) is 0 Å². The highest BCUT2D eigenvalue weighted by Gasteiger charge is 2.21. The van der Waals surface area contributed by atoms with Crippen LogP contribution in [0.3, 0.4) is 0 Å². The highest BCUT2D eigenvalue weighted by Crippen LogP contribution is 2.22. The van der Waals surface area contributed by atoms with Crippen molar-refractivity contribution in [2.45, 2.75) is 39.7 Å². The molecule has 2 heterocycles. The van der Waals surface area contributed by atoms with Crippen molar-refractivity contribution in [1.82, 2.24) is 10.3 Å². The Morgan fingerprint density at radius 1 is 1.33 bits per heavy atom. The number of hydrogen-bond acceptors (Lipinski definition) is 3. The summed E-state index contributed by atoms with van der Waals surface area (Å²) in [5.41, 5.74) is 2.04. The molecule has 0 saturated heterocycles. The summed E-state index contributed by atoms with van der Waals surface area (Å²) >= 11 is 0.